The van der Waals surface area contributed by atoms with Gasteiger partial charge in [-0.15, -0.1) is 0 Å². The maximum Gasteiger partial charge on any atom is 0.230 e. The van der Waals surface area contributed by atoms with E-state index in [9.17, 15) is 4.79 Å². The molecule has 2 aromatic rings. The van der Waals surface area contributed by atoms with E-state index in [1.165, 1.54) is 5.56 Å². The predicted molar refractivity (Wildman–Crippen MR) is 91.3 cm³/mol. The highest BCUT2D eigenvalue weighted by atomic mass is 16.5. The smallest absolute Gasteiger partial charge is 0.230 e. The molecule has 1 N–H and O–H groups in total. The molecule has 23 heavy (non-hydrogen) atoms. The number of carbonyl (C=O) groups is 1. The van der Waals surface area contributed by atoms with Crippen LogP contribution in [-0.4, -0.2) is 25.7 Å². The first-order chi connectivity index (χ1) is 11.3. The summed E-state index contributed by atoms with van der Waals surface area (Å²) < 4.78 is 5.49. The van der Waals surface area contributed by atoms with Crippen LogP contribution in [0.25, 0.3) is 0 Å². The van der Waals surface area contributed by atoms with Gasteiger partial charge in [0.15, 0.2) is 0 Å². The molecule has 1 amide bonds. The summed E-state index contributed by atoms with van der Waals surface area (Å²) in [6.07, 6.45) is 2.34. The molecular formula is C20H23NO2. The van der Waals surface area contributed by atoms with Crippen LogP contribution in [0, 0.1) is 0 Å². The summed E-state index contributed by atoms with van der Waals surface area (Å²) >= 11 is 0. The van der Waals surface area contributed by atoms with Crippen molar-refractivity contribution in [3.05, 3.63) is 71.8 Å². The number of hydrogen-bond donors (Lipinski definition) is 1. The molecule has 1 heterocycles. The van der Waals surface area contributed by atoms with E-state index in [1.54, 1.807) is 0 Å². The highest BCUT2D eigenvalue weighted by molar-refractivity contribution is 5.88. The third-order valence-electron chi connectivity index (χ3n) is 4.65. The molecule has 0 radical (unpaired) electrons. The Hall–Kier alpha value is -2.13. The van der Waals surface area contributed by atoms with E-state index in [1.807, 2.05) is 36.4 Å². The summed E-state index contributed by atoms with van der Waals surface area (Å²) in [5.41, 5.74) is 1.89. The average molecular weight is 309 g/mol. The maximum absolute atomic E-state index is 12.9. The van der Waals surface area contributed by atoms with Gasteiger partial charge in [-0.25, -0.2) is 0 Å². The predicted octanol–water partition coefficient (Wildman–Crippen LogP) is 3.09. The fourth-order valence-corrected chi connectivity index (χ4v) is 3.26. The second-order valence-electron chi connectivity index (χ2n) is 6.05. The average Bonchev–Trinajstić information content (AvgIpc) is 2.64. The molecule has 3 heteroatoms. The summed E-state index contributed by atoms with van der Waals surface area (Å²) in [7, 11) is 0. The summed E-state index contributed by atoms with van der Waals surface area (Å²) in [5.74, 6) is 0.128. The number of amides is 1. The van der Waals surface area contributed by atoms with Gasteiger partial charge in [-0.05, 0) is 30.4 Å². The van der Waals surface area contributed by atoms with Gasteiger partial charge in [-0.1, -0.05) is 60.7 Å². The van der Waals surface area contributed by atoms with Crippen molar-refractivity contribution in [1.82, 2.24) is 5.32 Å². The SMILES string of the molecule is O=C(NCCc1ccccc1)C1(c2ccccc2)CCOCC1. The van der Waals surface area contributed by atoms with Gasteiger partial charge in [0.2, 0.25) is 5.91 Å². The molecule has 0 saturated carbocycles. The Balaban J connectivity index is 1.69. The van der Waals surface area contributed by atoms with Gasteiger partial charge in [0.1, 0.15) is 0 Å². The Kier molecular flexibility index (Phi) is 5.09. The van der Waals surface area contributed by atoms with Crippen LogP contribution >= 0.6 is 0 Å². The summed E-state index contributed by atoms with van der Waals surface area (Å²) in [5, 5.41) is 3.15. The molecule has 0 bridgehead atoms. The largest absolute Gasteiger partial charge is 0.381 e. The molecule has 2 aromatic carbocycles. The summed E-state index contributed by atoms with van der Waals surface area (Å²) in [6, 6.07) is 20.4. The van der Waals surface area contributed by atoms with Crippen molar-refractivity contribution in [2.75, 3.05) is 19.8 Å². The highest BCUT2D eigenvalue weighted by Gasteiger charge is 2.41. The van der Waals surface area contributed by atoms with E-state index in [0.717, 1.165) is 24.8 Å². The van der Waals surface area contributed by atoms with Crippen LogP contribution in [0.4, 0.5) is 0 Å². The van der Waals surface area contributed by atoms with Crippen LogP contribution in [0.2, 0.25) is 0 Å². The van der Waals surface area contributed by atoms with Gasteiger partial charge in [0.25, 0.3) is 0 Å². The quantitative estimate of drug-likeness (QED) is 0.921. The van der Waals surface area contributed by atoms with Gasteiger partial charge >= 0.3 is 0 Å². The minimum Gasteiger partial charge on any atom is -0.381 e. The van der Waals surface area contributed by atoms with E-state index in [-0.39, 0.29) is 5.91 Å². The molecular weight excluding hydrogens is 286 g/mol. The van der Waals surface area contributed by atoms with Crippen LogP contribution in [0.1, 0.15) is 24.0 Å². The Labute approximate surface area is 137 Å². The molecule has 0 aromatic heterocycles. The second kappa shape index (κ2) is 7.42. The van der Waals surface area contributed by atoms with Crippen molar-refractivity contribution in [2.45, 2.75) is 24.7 Å². The fraction of sp³-hybridized carbons (Fsp3) is 0.350. The Morgan fingerprint density at radius 2 is 1.57 bits per heavy atom. The summed E-state index contributed by atoms with van der Waals surface area (Å²) in [4.78, 5) is 12.9. The van der Waals surface area contributed by atoms with Crippen LogP contribution < -0.4 is 5.32 Å². The van der Waals surface area contributed by atoms with Crippen LogP contribution in [0.3, 0.4) is 0 Å². The lowest BCUT2D eigenvalue weighted by atomic mass is 9.73. The van der Waals surface area contributed by atoms with Gasteiger partial charge in [0.05, 0.1) is 5.41 Å². The van der Waals surface area contributed by atoms with Gasteiger partial charge < -0.3 is 10.1 Å². The molecule has 3 nitrogen and oxygen atoms in total. The van der Waals surface area contributed by atoms with Crippen molar-refractivity contribution in [3.63, 3.8) is 0 Å². The molecule has 120 valence electrons. The van der Waals surface area contributed by atoms with E-state index >= 15 is 0 Å². The molecule has 1 aliphatic heterocycles. The topological polar surface area (TPSA) is 38.3 Å². The molecule has 1 aliphatic rings. The number of rotatable bonds is 5. The van der Waals surface area contributed by atoms with Crippen LogP contribution in [-0.2, 0) is 21.4 Å². The van der Waals surface area contributed by atoms with Crippen LogP contribution in [0.15, 0.2) is 60.7 Å². The molecule has 1 fully saturated rings. The molecule has 0 atom stereocenters. The zero-order valence-electron chi connectivity index (χ0n) is 13.3. The molecule has 1 saturated heterocycles. The number of benzene rings is 2. The van der Waals surface area contributed by atoms with E-state index < -0.39 is 5.41 Å². The van der Waals surface area contributed by atoms with Crippen molar-refractivity contribution in [3.8, 4) is 0 Å². The van der Waals surface area contributed by atoms with Crippen molar-refractivity contribution >= 4 is 5.91 Å². The zero-order chi connectivity index (χ0) is 16.0. The van der Waals surface area contributed by atoms with E-state index in [0.29, 0.717) is 19.8 Å². The Bertz CT molecular complexity index is 619. The zero-order valence-corrected chi connectivity index (χ0v) is 13.3. The van der Waals surface area contributed by atoms with Crippen molar-refractivity contribution in [2.24, 2.45) is 0 Å². The number of hydrogen-bond acceptors (Lipinski definition) is 2. The molecule has 0 spiro atoms. The molecule has 0 unspecified atom stereocenters. The normalized spacial score (nSPS) is 16.7. The molecule has 0 aliphatic carbocycles. The van der Waals surface area contributed by atoms with Crippen molar-refractivity contribution in [1.29, 1.82) is 0 Å². The van der Waals surface area contributed by atoms with Gasteiger partial charge in [-0.2, -0.15) is 0 Å². The summed E-state index contributed by atoms with van der Waals surface area (Å²) in [6.45, 7) is 1.94. The highest BCUT2D eigenvalue weighted by Crippen LogP contribution is 2.35. The number of nitrogens with one attached hydrogen (secondary N) is 1. The third-order valence-corrected chi connectivity index (χ3v) is 4.65. The minimum absolute atomic E-state index is 0.128. The lowest BCUT2D eigenvalue weighted by molar-refractivity contribution is -0.130. The third kappa shape index (κ3) is 3.62. The van der Waals surface area contributed by atoms with Gasteiger partial charge in [-0.3, -0.25) is 4.79 Å². The lowest BCUT2D eigenvalue weighted by Crippen LogP contribution is -2.48. The first-order valence-electron chi connectivity index (χ1n) is 8.27. The minimum atomic E-state index is -0.448. The number of ether oxygens (including phenoxy) is 1. The van der Waals surface area contributed by atoms with Gasteiger partial charge in [0, 0.05) is 19.8 Å². The standard InChI is InChI=1S/C20H23NO2/c22-19(21-14-11-17-7-3-1-4-8-17)20(12-15-23-16-13-20)18-9-5-2-6-10-18/h1-10H,11-16H2,(H,21,22). The monoisotopic (exact) mass is 309 g/mol. The van der Waals surface area contributed by atoms with E-state index in [4.69, 9.17) is 4.74 Å². The fourth-order valence-electron chi connectivity index (χ4n) is 3.26. The van der Waals surface area contributed by atoms with E-state index in [2.05, 4.69) is 29.6 Å². The number of carbonyl (C=O) groups excluding carboxylic acids is 1. The lowest BCUT2D eigenvalue weighted by Gasteiger charge is -2.36. The Morgan fingerprint density at radius 3 is 2.22 bits per heavy atom. The first kappa shape index (κ1) is 15.8. The van der Waals surface area contributed by atoms with Crippen molar-refractivity contribution < 1.29 is 9.53 Å². The first-order valence-corrected chi connectivity index (χ1v) is 8.27. The van der Waals surface area contributed by atoms with Crippen LogP contribution in [0.5, 0.6) is 0 Å². The second-order valence-corrected chi connectivity index (χ2v) is 6.05. The molecule has 3 rings (SSSR count). The Morgan fingerprint density at radius 1 is 0.957 bits per heavy atom. The maximum atomic E-state index is 12.9.